The summed E-state index contributed by atoms with van der Waals surface area (Å²) in [6, 6.07) is 0. The number of hydrogen-bond acceptors (Lipinski definition) is 1. The maximum absolute atomic E-state index is 11.7. The van der Waals surface area contributed by atoms with Crippen molar-refractivity contribution in [2.45, 2.75) is 124 Å². The minimum atomic E-state index is 0.395. The van der Waals surface area contributed by atoms with Gasteiger partial charge in [-0.3, -0.25) is 4.79 Å². The highest BCUT2D eigenvalue weighted by Gasteiger charge is 2.34. The molecule has 1 rings (SSSR count). The summed E-state index contributed by atoms with van der Waals surface area (Å²) in [5.41, 5.74) is 0.395. The van der Waals surface area contributed by atoms with Crippen molar-refractivity contribution in [1.29, 1.82) is 0 Å². The number of unbranched alkanes of at least 4 members (excludes halogenated alkanes) is 11. The van der Waals surface area contributed by atoms with Crippen molar-refractivity contribution >= 4 is 5.78 Å². The van der Waals surface area contributed by atoms with Crippen molar-refractivity contribution in [3.05, 3.63) is 0 Å². The van der Waals surface area contributed by atoms with E-state index in [9.17, 15) is 4.79 Å². The average molecular weight is 323 g/mol. The molecule has 1 aliphatic carbocycles. The number of hydrogen-bond donors (Lipinski definition) is 0. The number of Topliss-reactive ketones (excluding diaryl/α,β-unsaturated/α-hetero) is 1. The van der Waals surface area contributed by atoms with Crippen LogP contribution in [0.15, 0.2) is 0 Å². The van der Waals surface area contributed by atoms with E-state index in [4.69, 9.17) is 0 Å². The Morgan fingerprint density at radius 3 is 1.83 bits per heavy atom. The molecule has 136 valence electrons. The highest BCUT2D eigenvalue weighted by molar-refractivity contribution is 5.79. The van der Waals surface area contributed by atoms with E-state index in [-0.39, 0.29) is 0 Å². The molecule has 0 unspecified atom stereocenters. The van der Waals surface area contributed by atoms with Gasteiger partial charge < -0.3 is 0 Å². The average Bonchev–Trinajstić information content (AvgIpc) is 2.52. The van der Waals surface area contributed by atoms with E-state index in [1.807, 2.05) is 0 Å². The molecule has 1 heteroatoms. The Hall–Kier alpha value is -0.330. The molecule has 0 aromatic carbocycles. The van der Waals surface area contributed by atoms with Crippen molar-refractivity contribution in [2.24, 2.45) is 11.3 Å². The van der Waals surface area contributed by atoms with Crippen LogP contribution >= 0.6 is 0 Å². The van der Waals surface area contributed by atoms with Crippen molar-refractivity contribution in [2.75, 3.05) is 0 Å². The van der Waals surface area contributed by atoms with E-state index < -0.39 is 0 Å². The van der Waals surface area contributed by atoms with Crippen LogP contribution in [0.25, 0.3) is 0 Å². The van der Waals surface area contributed by atoms with Crippen LogP contribution in [-0.2, 0) is 4.79 Å². The lowest BCUT2D eigenvalue weighted by molar-refractivity contribution is -0.124. The van der Waals surface area contributed by atoms with Crippen LogP contribution in [0.2, 0.25) is 0 Å². The fourth-order valence-corrected chi connectivity index (χ4v) is 4.04. The van der Waals surface area contributed by atoms with Gasteiger partial charge in [-0.1, -0.05) is 97.8 Å². The quantitative estimate of drug-likeness (QED) is 0.321. The van der Waals surface area contributed by atoms with Gasteiger partial charge in [-0.15, -0.1) is 0 Å². The van der Waals surface area contributed by atoms with Gasteiger partial charge >= 0.3 is 0 Å². The van der Waals surface area contributed by atoms with Gasteiger partial charge in [-0.25, -0.2) is 0 Å². The molecule has 1 aliphatic rings. The minimum absolute atomic E-state index is 0.395. The second-order valence-electron chi connectivity index (χ2n) is 8.61. The molecule has 0 aromatic rings. The molecule has 1 fully saturated rings. The van der Waals surface area contributed by atoms with Crippen molar-refractivity contribution in [3.63, 3.8) is 0 Å². The predicted molar refractivity (Wildman–Crippen MR) is 102 cm³/mol. The van der Waals surface area contributed by atoms with E-state index in [1.165, 1.54) is 83.5 Å². The number of carbonyl (C=O) groups is 1. The zero-order chi connectivity index (χ0) is 17.0. The highest BCUT2D eigenvalue weighted by Crippen LogP contribution is 2.41. The molecule has 0 spiro atoms. The first-order valence-corrected chi connectivity index (χ1v) is 10.6. The number of rotatable bonds is 13. The second kappa shape index (κ2) is 12.1. The smallest absolute Gasteiger partial charge is 0.133 e. The van der Waals surface area contributed by atoms with Gasteiger partial charge in [-0.05, 0) is 24.2 Å². The molecule has 1 saturated carbocycles. The monoisotopic (exact) mass is 322 g/mol. The SMILES string of the molecule is CCCCCCCCCCCCCC[C@@H]1CC(=O)CCC1(C)C. The fraction of sp³-hybridized carbons (Fsp3) is 0.955. The lowest BCUT2D eigenvalue weighted by atomic mass is 9.67. The van der Waals surface area contributed by atoms with Gasteiger partial charge in [0.05, 0.1) is 0 Å². The summed E-state index contributed by atoms with van der Waals surface area (Å²) in [5, 5.41) is 0. The Kier molecular flexibility index (Phi) is 10.9. The van der Waals surface area contributed by atoms with Gasteiger partial charge in [0.2, 0.25) is 0 Å². The summed E-state index contributed by atoms with van der Waals surface area (Å²) >= 11 is 0. The topological polar surface area (TPSA) is 17.1 Å². The lowest BCUT2D eigenvalue weighted by Gasteiger charge is -2.38. The van der Waals surface area contributed by atoms with Crippen LogP contribution in [0.4, 0.5) is 0 Å². The second-order valence-corrected chi connectivity index (χ2v) is 8.61. The molecular weight excluding hydrogens is 280 g/mol. The summed E-state index contributed by atoms with van der Waals surface area (Å²) in [6.45, 7) is 7.02. The molecule has 0 aliphatic heterocycles. The van der Waals surface area contributed by atoms with Crippen LogP contribution in [0, 0.1) is 11.3 Å². The Labute approximate surface area is 146 Å². The van der Waals surface area contributed by atoms with Crippen molar-refractivity contribution in [1.82, 2.24) is 0 Å². The Bertz CT molecular complexity index is 305. The van der Waals surface area contributed by atoms with Gasteiger partial charge in [0.15, 0.2) is 0 Å². The van der Waals surface area contributed by atoms with Crippen molar-refractivity contribution < 1.29 is 4.79 Å². The van der Waals surface area contributed by atoms with Gasteiger partial charge in [0.25, 0.3) is 0 Å². The molecule has 0 bridgehead atoms. The molecule has 0 amide bonds. The maximum Gasteiger partial charge on any atom is 0.133 e. The van der Waals surface area contributed by atoms with E-state index in [1.54, 1.807) is 0 Å². The van der Waals surface area contributed by atoms with E-state index in [0.29, 0.717) is 17.1 Å². The predicted octanol–water partition coefficient (Wildman–Crippen LogP) is 7.47. The first kappa shape index (κ1) is 20.7. The normalized spacial score (nSPS) is 20.8. The molecule has 1 nitrogen and oxygen atoms in total. The summed E-state index contributed by atoms with van der Waals surface area (Å²) in [7, 11) is 0. The van der Waals surface area contributed by atoms with Gasteiger partial charge in [0, 0.05) is 12.8 Å². The zero-order valence-corrected chi connectivity index (χ0v) is 16.3. The number of carbonyl (C=O) groups excluding carboxylic acids is 1. The first-order chi connectivity index (χ1) is 11.1. The Morgan fingerprint density at radius 1 is 0.826 bits per heavy atom. The lowest BCUT2D eigenvalue weighted by Crippen LogP contribution is -2.31. The minimum Gasteiger partial charge on any atom is -0.300 e. The molecule has 0 saturated heterocycles. The van der Waals surface area contributed by atoms with Gasteiger partial charge in [0.1, 0.15) is 5.78 Å². The Balaban J connectivity index is 1.90. The van der Waals surface area contributed by atoms with Crippen LogP contribution in [0.1, 0.15) is 124 Å². The van der Waals surface area contributed by atoms with E-state index in [0.717, 1.165) is 19.3 Å². The molecule has 23 heavy (non-hydrogen) atoms. The third-order valence-electron chi connectivity index (χ3n) is 6.03. The summed E-state index contributed by atoms with van der Waals surface area (Å²) in [6.07, 6.45) is 21.0. The molecular formula is C22H42O. The third kappa shape index (κ3) is 9.52. The maximum atomic E-state index is 11.7. The Morgan fingerprint density at radius 2 is 1.30 bits per heavy atom. The van der Waals surface area contributed by atoms with Crippen LogP contribution in [0.3, 0.4) is 0 Å². The molecule has 0 aromatic heterocycles. The third-order valence-corrected chi connectivity index (χ3v) is 6.03. The first-order valence-electron chi connectivity index (χ1n) is 10.6. The fourth-order valence-electron chi connectivity index (χ4n) is 4.04. The summed E-state index contributed by atoms with van der Waals surface area (Å²) < 4.78 is 0. The standard InChI is InChI=1S/C22H42O/c1-4-5-6-7-8-9-10-11-12-13-14-15-16-20-19-21(23)17-18-22(20,2)3/h20H,4-19H2,1-3H3/t20-/m1/s1. The van der Waals surface area contributed by atoms with Crippen molar-refractivity contribution in [3.8, 4) is 0 Å². The summed E-state index contributed by atoms with van der Waals surface area (Å²) in [4.78, 5) is 11.7. The highest BCUT2D eigenvalue weighted by atomic mass is 16.1. The molecule has 0 radical (unpaired) electrons. The van der Waals surface area contributed by atoms with Gasteiger partial charge in [-0.2, -0.15) is 0 Å². The van der Waals surface area contributed by atoms with E-state index >= 15 is 0 Å². The van der Waals surface area contributed by atoms with Crippen LogP contribution < -0.4 is 0 Å². The largest absolute Gasteiger partial charge is 0.300 e. The summed E-state index contributed by atoms with van der Waals surface area (Å²) in [5.74, 6) is 1.15. The molecule has 0 N–H and O–H groups in total. The number of ketones is 1. The molecule has 1 atom stereocenters. The van der Waals surface area contributed by atoms with Crippen LogP contribution in [-0.4, -0.2) is 5.78 Å². The molecule has 0 heterocycles. The van der Waals surface area contributed by atoms with E-state index in [2.05, 4.69) is 20.8 Å². The van der Waals surface area contributed by atoms with Crippen LogP contribution in [0.5, 0.6) is 0 Å². The zero-order valence-electron chi connectivity index (χ0n) is 16.3.